The second kappa shape index (κ2) is 5.47. The highest BCUT2D eigenvalue weighted by molar-refractivity contribution is 7.09. The third-order valence-electron chi connectivity index (χ3n) is 1.81. The van der Waals surface area contributed by atoms with Crippen LogP contribution in [0, 0.1) is 24.2 Å². The smallest absolute Gasteiger partial charge is 0.323 e. The van der Waals surface area contributed by atoms with Gasteiger partial charge in [0.15, 0.2) is 0 Å². The Morgan fingerprint density at radius 2 is 2.53 bits per heavy atom. The molecule has 0 aliphatic rings. The van der Waals surface area contributed by atoms with Crippen LogP contribution in [0.15, 0.2) is 5.38 Å². The molecule has 0 aromatic carbocycles. The molecule has 0 N–H and O–H groups in total. The highest BCUT2D eigenvalue weighted by atomic mass is 32.1. The minimum atomic E-state index is -0.744. The third kappa shape index (κ3) is 3.33. The highest BCUT2D eigenvalue weighted by Gasteiger charge is 2.20. The van der Waals surface area contributed by atoms with Crippen LogP contribution in [0.1, 0.15) is 17.6 Å². The van der Waals surface area contributed by atoms with E-state index in [1.807, 2.05) is 18.4 Å². The van der Waals surface area contributed by atoms with E-state index in [9.17, 15) is 4.79 Å². The number of hydrogen-bond acceptors (Lipinski definition) is 5. The van der Waals surface area contributed by atoms with Crippen LogP contribution in [0.4, 0.5) is 0 Å². The van der Waals surface area contributed by atoms with E-state index >= 15 is 0 Å². The van der Waals surface area contributed by atoms with Gasteiger partial charge in [-0.05, 0) is 13.8 Å². The Morgan fingerprint density at radius 3 is 3.00 bits per heavy atom. The summed E-state index contributed by atoms with van der Waals surface area (Å²) in [5.74, 6) is -1.21. The first-order valence-corrected chi connectivity index (χ1v) is 5.52. The minimum Gasteiger partial charge on any atom is -0.465 e. The molecule has 5 heteroatoms. The van der Waals surface area contributed by atoms with Gasteiger partial charge in [0.05, 0.1) is 23.4 Å². The molecule has 0 spiro atoms. The fourth-order valence-electron chi connectivity index (χ4n) is 1.14. The zero-order valence-corrected chi connectivity index (χ0v) is 9.50. The van der Waals surface area contributed by atoms with Crippen LogP contribution < -0.4 is 0 Å². The van der Waals surface area contributed by atoms with Crippen molar-refractivity contribution in [2.75, 3.05) is 6.61 Å². The van der Waals surface area contributed by atoms with Crippen molar-refractivity contribution in [3.8, 4) is 6.07 Å². The zero-order chi connectivity index (χ0) is 11.3. The summed E-state index contributed by atoms with van der Waals surface area (Å²) < 4.78 is 4.79. The minimum absolute atomic E-state index is 0.299. The van der Waals surface area contributed by atoms with E-state index in [2.05, 4.69) is 4.98 Å². The number of nitrogens with zero attached hydrogens (tertiary/aromatic N) is 2. The van der Waals surface area contributed by atoms with Crippen LogP contribution in [0.3, 0.4) is 0 Å². The number of ether oxygens (including phenoxy) is 1. The molecule has 1 aromatic heterocycles. The molecule has 1 unspecified atom stereocenters. The van der Waals surface area contributed by atoms with Crippen molar-refractivity contribution in [2.24, 2.45) is 5.92 Å². The predicted octanol–water partition coefficient (Wildman–Crippen LogP) is 1.70. The van der Waals surface area contributed by atoms with Gasteiger partial charge in [0.2, 0.25) is 0 Å². The van der Waals surface area contributed by atoms with Crippen molar-refractivity contribution in [2.45, 2.75) is 20.3 Å². The zero-order valence-electron chi connectivity index (χ0n) is 8.69. The number of hydrogen-bond donors (Lipinski definition) is 0. The molecule has 15 heavy (non-hydrogen) atoms. The lowest BCUT2D eigenvalue weighted by atomic mass is 10.1. The van der Waals surface area contributed by atoms with Gasteiger partial charge >= 0.3 is 5.97 Å². The van der Waals surface area contributed by atoms with Crippen LogP contribution in [0.25, 0.3) is 0 Å². The summed E-state index contributed by atoms with van der Waals surface area (Å²) in [5.41, 5.74) is 0.775. The van der Waals surface area contributed by atoms with Gasteiger partial charge in [-0.3, -0.25) is 4.79 Å². The molecule has 0 saturated carbocycles. The number of aryl methyl sites for hydroxylation is 1. The molecule has 1 heterocycles. The lowest BCUT2D eigenvalue weighted by Gasteiger charge is -2.05. The predicted molar refractivity (Wildman–Crippen MR) is 56.3 cm³/mol. The third-order valence-corrected chi connectivity index (χ3v) is 2.63. The first-order valence-electron chi connectivity index (χ1n) is 4.64. The van der Waals surface area contributed by atoms with E-state index < -0.39 is 11.9 Å². The Kier molecular flexibility index (Phi) is 4.25. The first kappa shape index (κ1) is 11.7. The summed E-state index contributed by atoms with van der Waals surface area (Å²) >= 11 is 1.51. The lowest BCUT2D eigenvalue weighted by Crippen LogP contribution is -2.18. The van der Waals surface area contributed by atoms with Crippen LogP contribution in [-0.4, -0.2) is 17.6 Å². The van der Waals surface area contributed by atoms with Gasteiger partial charge in [0.25, 0.3) is 0 Å². The Labute approximate surface area is 92.5 Å². The van der Waals surface area contributed by atoms with Crippen molar-refractivity contribution in [1.82, 2.24) is 4.98 Å². The van der Waals surface area contributed by atoms with Crippen molar-refractivity contribution in [3.05, 3.63) is 16.1 Å². The average molecular weight is 224 g/mol. The summed E-state index contributed by atoms with van der Waals surface area (Å²) in [6, 6.07) is 1.93. The first-order chi connectivity index (χ1) is 7.17. The van der Waals surface area contributed by atoms with Crippen molar-refractivity contribution >= 4 is 17.3 Å². The fourth-order valence-corrected chi connectivity index (χ4v) is 1.76. The van der Waals surface area contributed by atoms with E-state index in [1.165, 1.54) is 11.3 Å². The molecule has 0 bridgehead atoms. The number of nitriles is 1. The summed E-state index contributed by atoms with van der Waals surface area (Å²) in [4.78, 5) is 15.5. The maximum Gasteiger partial charge on any atom is 0.323 e. The number of thiazole rings is 1. The maximum absolute atomic E-state index is 11.3. The molecule has 4 nitrogen and oxygen atoms in total. The topological polar surface area (TPSA) is 63.0 Å². The second-order valence-corrected chi connectivity index (χ2v) is 4.06. The number of esters is 1. The summed E-state index contributed by atoms with van der Waals surface area (Å²) in [6.07, 6.45) is 0.333. The molecule has 1 atom stereocenters. The maximum atomic E-state index is 11.3. The fraction of sp³-hybridized carbons (Fsp3) is 0.500. The van der Waals surface area contributed by atoms with E-state index in [0.717, 1.165) is 10.7 Å². The molecule has 0 saturated heterocycles. The molecule has 0 aliphatic carbocycles. The summed E-state index contributed by atoms with van der Waals surface area (Å²) in [6.45, 7) is 3.91. The molecular formula is C10H12N2O2S. The van der Waals surface area contributed by atoms with Crippen molar-refractivity contribution in [3.63, 3.8) is 0 Å². The molecule has 80 valence electrons. The van der Waals surface area contributed by atoms with Gasteiger partial charge < -0.3 is 4.74 Å². The Morgan fingerprint density at radius 1 is 1.80 bits per heavy atom. The van der Waals surface area contributed by atoms with Gasteiger partial charge in [-0.25, -0.2) is 4.98 Å². The normalized spacial score (nSPS) is 11.8. The van der Waals surface area contributed by atoms with Crippen LogP contribution in [0.5, 0.6) is 0 Å². The SMILES string of the molecule is CCOC(=O)C(C#N)Cc1csc(C)n1. The molecule has 1 rings (SSSR count). The molecule has 1 aromatic rings. The summed E-state index contributed by atoms with van der Waals surface area (Å²) in [5, 5.41) is 11.6. The van der Waals surface area contributed by atoms with Crippen molar-refractivity contribution < 1.29 is 9.53 Å². The van der Waals surface area contributed by atoms with E-state index in [1.54, 1.807) is 6.92 Å². The van der Waals surface area contributed by atoms with Gasteiger partial charge in [-0.1, -0.05) is 0 Å². The standard InChI is InChI=1S/C10H12N2O2S/c1-3-14-10(13)8(5-11)4-9-6-15-7(2)12-9/h6,8H,3-4H2,1-2H3. The van der Waals surface area contributed by atoms with Crippen LogP contribution >= 0.6 is 11.3 Å². The Balaban J connectivity index is 2.62. The molecular weight excluding hydrogens is 212 g/mol. The molecule has 0 radical (unpaired) electrons. The molecule has 0 aliphatic heterocycles. The lowest BCUT2D eigenvalue weighted by molar-refractivity contribution is -0.145. The monoisotopic (exact) mass is 224 g/mol. The van der Waals surface area contributed by atoms with Gasteiger partial charge in [-0.2, -0.15) is 5.26 Å². The number of aromatic nitrogens is 1. The second-order valence-electron chi connectivity index (χ2n) is 3.00. The largest absolute Gasteiger partial charge is 0.465 e. The summed E-state index contributed by atoms with van der Waals surface area (Å²) in [7, 11) is 0. The van der Waals surface area contributed by atoms with Gasteiger partial charge in [0.1, 0.15) is 5.92 Å². The van der Waals surface area contributed by atoms with Crippen LogP contribution in [0.2, 0.25) is 0 Å². The van der Waals surface area contributed by atoms with E-state index in [4.69, 9.17) is 10.00 Å². The average Bonchev–Trinajstić information content (AvgIpc) is 2.61. The number of rotatable bonds is 4. The van der Waals surface area contributed by atoms with Crippen molar-refractivity contribution in [1.29, 1.82) is 5.26 Å². The quantitative estimate of drug-likeness (QED) is 0.730. The van der Waals surface area contributed by atoms with Crippen LogP contribution in [-0.2, 0) is 16.0 Å². The Bertz CT molecular complexity index is 381. The van der Waals surface area contributed by atoms with Gasteiger partial charge in [0, 0.05) is 11.8 Å². The number of carbonyl (C=O) groups is 1. The van der Waals surface area contributed by atoms with Gasteiger partial charge in [-0.15, -0.1) is 11.3 Å². The Hall–Kier alpha value is -1.41. The van der Waals surface area contributed by atoms with E-state index in [0.29, 0.717) is 13.0 Å². The molecule has 0 fully saturated rings. The highest BCUT2D eigenvalue weighted by Crippen LogP contribution is 2.13. The van der Waals surface area contributed by atoms with E-state index in [-0.39, 0.29) is 0 Å². The number of carbonyl (C=O) groups excluding carboxylic acids is 1. The molecule has 0 amide bonds.